The molecule has 22 heavy (non-hydrogen) atoms. The third-order valence-corrected chi connectivity index (χ3v) is 3.67. The van der Waals surface area contributed by atoms with Crippen LogP contribution in [-0.4, -0.2) is 22.6 Å². The summed E-state index contributed by atoms with van der Waals surface area (Å²) in [6, 6.07) is 11.3. The zero-order valence-corrected chi connectivity index (χ0v) is 12.5. The second kappa shape index (κ2) is 5.77. The van der Waals surface area contributed by atoms with Crippen molar-refractivity contribution in [1.82, 2.24) is 9.55 Å². The van der Waals surface area contributed by atoms with Gasteiger partial charge >= 0.3 is 5.97 Å². The molecule has 1 aromatic heterocycles. The van der Waals surface area contributed by atoms with Crippen LogP contribution in [-0.2, 0) is 11.3 Å². The first kappa shape index (κ1) is 14.5. The Morgan fingerprint density at radius 1 is 1.27 bits per heavy atom. The fraction of sp³-hybridized carbons (Fsp3) is 0.125. The highest BCUT2D eigenvalue weighted by Crippen LogP contribution is 2.23. The Morgan fingerprint density at radius 3 is 2.68 bits per heavy atom. The summed E-state index contributed by atoms with van der Waals surface area (Å²) < 4.78 is 19.4. The van der Waals surface area contributed by atoms with Crippen molar-refractivity contribution in [3.63, 3.8) is 0 Å². The van der Waals surface area contributed by atoms with Crippen molar-refractivity contribution in [2.24, 2.45) is 0 Å². The third-order valence-electron chi connectivity index (χ3n) is 3.38. The Hall–Kier alpha value is -2.40. The first-order valence-electron chi connectivity index (χ1n) is 6.57. The number of carbonyl (C=O) groups excluding carboxylic acids is 1. The lowest BCUT2D eigenvalue weighted by Gasteiger charge is -2.06. The molecule has 2 aromatic carbocycles. The topological polar surface area (TPSA) is 44.1 Å². The second-order valence-electron chi connectivity index (χ2n) is 4.79. The Balaban J connectivity index is 2.01. The Kier molecular flexibility index (Phi) is 3.81. The Morgan fingerprint density at radius 2 is 2.00 bits per heavy atom. The number of methoxy groups -OCH3 is 1. The molecule has 0 amide bonds. The van der Waals surface area contributed by atoms with Gasteiger partial charge in [0.1, 0.15) is 5.82 Å². The predicted molar refractivity (Wildman–Crippen MR) is 81.6 cm³/mol. The van der Waals surface area contributed by atoms with Gasteiger partial charge in [0.15, 0.2) is 0 Å². The molecule has 0 aliphatic heterocycles. The van der Waals surface area contributed by atoms with Crippen molar-refractivity contribution >= 4 is 28.6 Å². The summed E-state index contributed by atoms with van der Waals surface area (Å²) in [4.78, 5) is 15.8. The van der Waals surface area contributed by atoms with Crippen LogP contribution in [0.5, 0.6) is 0 Å². The number of rotatable bonds is 3. The van der Waals surface area contributed by atoms with Crippen molar-refractivity contribution in [2.45, 2.75) is 6.54 Å². The summed E-state index contributed by atoms with van der Waals surface area (Å²) in [5.74, 6) is -0.709. The first-order chi connectivity index (χ1) is 10.6. The summed E-state index contributed by atoms with van der Waals surface area (Å²) in [5.41, 5.74) is 2.72. The van der Waals surface area contributed by atoms with Gasteiger partial charge in [-0.05, 0) is 47.5 Å². The van der Waals surface area contributed by atoms with Gasteiger partial charge in [-0.25, -0.2) is 14.2 Å². The largest absolute Gasteiger partial charge is 0.465 e. The van der Waals surface area contributed by atoms with Gasteiger partial charge < -0.3 is 9.30 Å². The molecule has 0 aliphatic carbocycles. The van der Waals surface area contributed by atoms with Crippen LogP contribution in [0.3, 0.4) is 0 Å². The van der Waals surface area contributed by atoms with Crippen LogP contribution in [0.4, 0.5) is 4.39 Å². The van der Waals surface area contributed by atoms with E-state index in [9.17, 15) is 9.18 Å². The molecule has 4 nitrogen and oxygen atoms in total. The molecule has 0 N–H and O–H groups in total. The number of fused-ring (bicyclic) bond motifs is 1. The van der Waals surface area contributed by atoms with E-state index >= 15 is 0 Å². The molecule has 6 heteroatoms. The minimum Gasteiger partial charge on any atom is -0.465 e. The van der Waals surface area contributed by atoms with Gasteiger partial charge in [-0.3, -0.25) is 0 Å². The van der Waals surface area contributed by atoms with Crippen molar-refractivity contribution in [1.29, 1.82) is 0 Å². The maximum Gasteiger partial charge on any atom is 0.337 e. The van der Waals surface area contributed by atoms with Gasteiger partial charge in [-0.15, -0.1) is 0 Å². The van der Waals surface area contributed by atoms with E-state index in [0.29, 0.717) is 22.9 Å². The van der Waals surface area contributed by atoms with Crippen LogP contribution in [0.15, 0.2) is 42.5 Å². The number of halogens is 2. The lowest BCUT2D eigenvalue weighted by molar-refractivity contribution is 0.0601. The number of ether oxygens (including phenoxy) is 1. The number of aromatic nitrogens is 2. The summed E-state index contributed by atoms with van der Waals surface area (Å²) in [7, 11) is 1.33. The predicted octanol–water partition coefficient (Wildman–Crippen LogP) is 3.66. The number of benzene rings is 2. The lowest BCUT2D eigenvalue weighted by Crippen LogP contribution is -2.02. The summed E-state index contributed by atoms with van der Waals surface area (Å²) in [6.45, 7) is 0.465. The van der Waals surface area contributed by atoms with Gasteiger partial charge in [-0.2, -0.15) is 0 Å². The van der Waals surface area contributed by atoms with Crippen LogP contribution in [0.1, 0.15) is 15.9 Å². The van der Waals surface area contributed by atoms with Crippen molar-refractivity contribution in [2.75, 3.05) is 7.11 Å². The first-order valence-corrected chi connectivity index (χ1v) is 6.95. The minimum atomic E-state index is -0.425. The quantitative estimate of drug-likeness (QED) is 0.692. The van der Waals surface area contributed by atoms with Gasteiger partial charge in [0, 0.05) is 0 Å². The zero-order valence-electron chi connectivity index (χ0n) is 11.7. The highest BCUT2D eigenvalue weighted by molar-refractivity contribution is 6.29. The van der Waals surface area contributed by atoms with Gasteiger partial charge in [0.2, 0.25) is 5.28 Å². The van der Waals surface area contributed by atoms with Crippen molar-refractivity contribution in [3.8, 4) is 0 Å². The van der Waals surface area contributed by atoms with E-state index in [1.165, 1.54) is 19.2 Å². The fourth-order valence-electron chi connectivity index (χ4n) is 2.27. The van der Waals surface area contributed by atoms with E-state index in [-0.39, 0.29) is 5.82 Å². The van der Waals surface area contributed by atoms with Crippen LogP contribution >= 0.6 is 11.6 Å². The molecule has 0 saturated carbocycles. The molecule has 0 fully saturated rings. The molecule has 0 spiro atoms. The standard InChI is InChI=1S/C16H12ClFN2O2/c1-22-15(21)11-4-7-14-13(8-11)19-16(17)20(14)9-10-2-5-12(18)6-3-10/h2-8H,9H2,1H3. The van der Waals surface area contributed by atoms with Crippen LogP contribution < -0.4 is 0 Å². The van der Waals surface area contributed by atoms with Crippen molar-refractivity contribution in [3.05, 3.63) is 64.7 Å². The average Bonchev–Trinajstić information content (AvgIpc) is 2.83. The Labute approximate surface area is 131 Å². The Bertz CT molecular complexity index is 843. The number of imidazole rings is 1. The molecule has 0 aliphatic rings. The SMILES string of the molecule is COC(=O)c1ccc2c(c1)nc(Cl)n2Cc1ccc(F)cc1. The lowest BCUT2D eigenvalue weighted by atomic mass is 10.2. The number of nitrogens with zero attached hydrogens (tertiary/aromatic N) is 2. The summed E-state index contributed by atoms with van der Waals surface area (Å²) in [6.07, 6.45) is 0. The fourth-order valence-corrected chi connectivity index (χ4v) is 2.51. The molecule has 0 atom stereocenters. The highest BCUT2D eigenvalue weighted by atomic mass is 35.5. The van der Waals surface area contributed by atoms with E-state index < -0.39 is 5.97 Å². The van der Waals surface area contributed by atoms with Crippen molar-refractivity contribution < 1.29 is 13.9 Å². The summed E-state index contributed by atoms with van der Waals surface area (Å²) in [5, 5.41) is 0.307. The van der Waals surface area contributed by atoms with Gasteiger partial charge in [0.25, 0.3) is 0 Å². The van der Waals surface area contributed by atoms with Gasteiger partial charge in [-0.1, -0.05) is 12.1 Å². The van der Waals surface area contributed by atoms with E-state index in [0.717, 1.165) is 11.1 Å². The maximum atomic E-state index is 13.0. The summed E-state index contributed by atoms with van der Waals surface area (Å²) >= 11 is 6.18. The highest BCUT2D eigenvalue weighted by Gasteiger charge is 2.13. The maximum absolute atomic E-state index is 13.0. The molecule has 1 heterocycles. The average molecular weight is 319 g/mol. The number of hydrogen-bond donors (Lipinski definition) is 0. The molecule has 0 radical (unpaired) electrons. The zero-order chi connectivity index (χ0) is 15.7. The molecule has 3 aromatic rings. The third kappa shape index (κ3) is 2.67. The molecule has 0 saturated heterocycles. The van der Waals surface area contributed by atoms with Gasteiger partial charge in [0.05, 0.1) is 30.3 Å². The number of hydrogen-bond acceptors (Lipinski definition) is 3. The molecule has 112 valence electrons. The molecular formula is C16H12ClFN2O2. The van der Waals surface area contributed by atoms with E-state index in [1.54, 1.807) is 34.9 Å². The van der Waals surface area contributed by atoms with E-state index in [4.69, 9.17) is 11.6 Å². The van der Waals surface area contributed by atoms with E-state index in [1.807, 2.05) is 0 Å². The second-order valence-corrected chi connectivity index (χ2v) is 5.13. The van der Waals surface area contributed by atoms with E-state index in [2.05, 4.69) is 9.72 Å². The minimum absolute atomic E-state index is 0.284. The van der Waals surface area contributed by atoms with Crippen LogP contribution in [0, 0.1) is 5.82 Å². The number of esters is 1. The monoisotopic (exact) mass is 318 g/mol. The normalized spacial score (nSPS) is 10.9. The van der Waals surface area contributed by atoms with Crippen LogP contribution in [0.2, 0.25) is 5.28 Å². The smallest absolute Gasteiger partial charge is 0.337 e. The molecule has 0 bridgehead atoms. The van der Waals surface area contributed by atoms with Crippen LogP contribution in [0.25, 0.3) is 11.0 Å². The molecule has 0 unspecified atom stereocenters. The number of carbonyl (C=O) groups is 1. The molecule has 3 rings (SSSR count). The molecular weight excluding hydrogens is 307 g/mol.